The van der Waals surface area contributed by atoms with Crippen LogP contribution in [0.1, 0.15) is 39.0 Å². The molecular formula is C11H24N2O2. The summed E-state index contributed by atoms with van der Waals surface area (Å²) in [7, 11) is 0. The van der Waals surface area contributed by atoms with E-state index in [4.69, 9.17) is 10.8 Å². The largest absolute Gasteiger partial charge is 0.389 e. The Hall–Kier alpha value is -0.450. The molecule has 90 valence electrons. The van der Waals surface area contributed by atoms with Crippen molar-refractivity contribution in [3.63, 3.8) is 0 Å². The van der Waals surface area contributed by atoms with Gasteiger partial charge in [-0.3, -0.25) is 4.79 Å². The van der Waals surface area contributed by atoms with E-state index in [1.165, 1.54) is 12.8 Å². The summed E-state index contributed by atoms with van der Waals surface area (Å²) in [5.41, 5.74) is 5.57. The molecule has 0 radical (unpaired) electrons. The number of unbranched alkanes of at least 4 members (excludes halogenated alkanes) is 3. The molecule has 0 aliphatic rings. The van der Waals surface area contributed by atoms with Gasteiger partial charge in [0.1, 0.15) is 6.61 Å². The zero-order valence-electron chi connectivity index (χ0n) is 9.67. The Bertz CT molecular complexity index is 163. The molecule has 0 heterocycles. The summed E-state index contributed by atoms with van der Waals surface area (Å²) in [5, 5.41) is 11.8. The van der Waals surface area contributed by atoms with Crippen molar-refractivity contribution in [3.8, 4) is 0 Å². The Balaban J connectivity index is 3.20. The van der Waals surface area contributed by atoms with Gasteiger partial charge in [-0.2, -0.15) is 0 Å². The Morgan fingerprint density at radius 3 is 2.60 bits per heavy atom. The molecule has 0 aliphatic carbocycles. The zero-order valence-corrected chi connectivity index (χ0v) is 9.67. The molecule has 0 saturated heterocycles. The first kappa shape index (κ1) is 14.6. The highest BCUT2D eigenvalue weighted by Crippen LogP contribution is 2.04. The second-order valence-electron chi connectivity index (χ2n) is 3.79. The lowest BCUT2D eigenvalue weighted by Gasteiger charge is -2.08. The number of aliphatic hydroxyl groups is 1. The van der Waals surface area contributed by atoms with E-state index >= 15 is 0 Å². The summed E-state index contributed by atoms with van der Waals surface area (Å²) < 4.78 is 0. The fourth-order valence-corrected chi connectivity index (χ4v) is 1.42. The SMILES string of the molecule is CCNCCCCCCC(N)C(=O)CO. The van der Waals surface area contributed by atoms with E-state index in [2.05, 4.69) is 12.2 Å². The quantitative estimate of drug-likeness (QED) is 0.463. The Morgan fingerprint density at radius 1 is 1.33 bits per heavy atom. The summed E-state index contributed by atoms with van der Waals surface area (Å²) in [6.45, 7) is 3.76. The molecule has 0 fully saturated rings. The van der Waals surface area contributed by atoms with Gasteiger partial charge in [-0.1, -0.05) is 26.2 Å². The molecule has 4 N–H and O–H groups in total. The van der Waals surface area contributed by atoms with Gasteiger partial charge < -0.3 is 16.2 Å². The third-order valence-corrected chi connectivity index (χ3v) is 2.44. The van der Waals surface area contributed by atoms with E-state index in [1.54, 1.807) is 0 Å². The van der Waals surface area contributed by atoms with Gasteiger partial charge in [0.05, 0.1) is 6.04 Å². The van der Waals surface area contributed by atoms with Crippen LogP contribution in [0.25, 0.3) is 0 Å². The van der Waals surface area contributed by atoms with Crippen LogP contribution in [0.4, 0.5) is 0 Å². The zero-order chi connectivity index (χ0) is 11.5. The van der Waals surface area contributed by atoms with E-state index < -0.39 is 12.6 Å². The highest BCUT2D eigenvalue weighted by Gasteiger charge is 2.10. The third kappa shape index (κ3) is 8.54. The van der Waals surface area contributed by atoms with Gasteiger partial charge in [0, 0.05) is 0 Å². The van der Waals surface area contributed by atoms with Crippen LogP contribution < -0.4 is 11.1 Å². The van der Waals surface area contributed by atoms with Crippen LogP contribution in [0.2, 0.25) is 0 Å². The standard InChI is InChI=1S/C11H24N2O2/c1-2-13-8-6-4-3-5-7-10(12)11(15)9-14/h10,13-14H,2-9,12H2,1H3. The minimum Gasteiger partial charge on any atom is -0.389 e. The molecule has 0 aromatic heterocycles. The van der Waals surface area contributed by atoms with Crippen molar-refractivity contribution in [3.05, 3.63) is 0 Å². The lowest BCUT2D eigenvalue weighted by molar-refractivity contribution is -0.123. The van der Waals surface area contributed by atoms with Gasteiger partial charge in [-0.05, 0) is 25.9 Å². The Kier molecular flexibility index (Phi) is 9.78. The second-order valence-corrected chi connectivity index (χ2v) is 3.79. The maximum atomic E-state index is 10.9. The van der Waals surface area contributed by atoms with Crippen LogP contribution in [-0.4, -0.2) is 36.6 Å². The van der Waals surface area contributed by atoms with Crippen molar-refractivity contribution < 1.29 is 9.90 Å². The van der Waals surface area contributed by atoms with Gasteiger partial charge in [0.15, 0.2) is 5.78 Å². The van der Waals surface area contributed by atoms with Crippen molar-refractivity contribution in [2.75, 3.05) is 19.7 Å². The van der Waals surface area contributed by atoms with Gasteiger partial charge >= 0.3 is 0 Å². The minimum atomic E-state index is -0.469. The summed E-state index contributed by atoms with van der Waals surface area (Å²) in [4.78, 5) is 10.9. The van der Waals surface area contributed by atoms with Crippen molar-refractivity contribution >= 4 is 5.78 Å². The number of hydrogen-bond acceptors (Lipinski definition) is 4. The average molecular weight is 216 g/mol. The number of carbonyl (C=O) groups is 1. The first-order valence-electron chi connectivity index (χ1n) is 5.82. The molecule has 0 aromatic rings. The minimum absolute atomic E-state index is 0.248. The molecule has 0 aliphatic heterocycles. The number of carbonyl (C=O) groups excluding carboxylic acids is 1. The van der Waals surface area contributed by atoms with Gasteiger partial charge in [-0.15, -0.1) is 0 Å². The van der Waals surface area contributed by atoms with Crippen LogP contribution in [0, 0.1) is 0 Å². The molecule has 0 rings (SSSR count). The number of ketones is 1. The second kappa shape index (κ2) is 10.1. The maximum absolute atomic E-state index is 10.9. The average Bonchev–Trinajstić information content (AvgIpc) is 2.26. The molecule has 0 aromatic carbocycles. The molecule has 15 heavy (non-hydrogen) atoms. The van der Waals surface area contributed by atoms with Gasteiger partial charge in [-0.25, -0.2) is 0 Å². The molecule has 0 spiro atoms. The number of rotatable bonds is 10. The third-order valence-electron chi connectivity index (χ3n) is 2.44. The summed E-state index contributed by atoms with van der Waals surface area (Å²) in [6, 6.07) is -0.469. The molecule has 4 heteroatoms. The summed E-state index contributed by atoms with van der Waals surface area (Å²) >= 11 is 0. The number of Topliss-reactive ketones (excluding diaryl/α,β-unsaturated/α-hetero) is 1. The fourth-order valence-electron chi connectivity index (χ4n) is 1.42. The van der Waals surface area contributed by atoms with Crippen LogP contribution >= 0.6 is 0 Å². The van der Waals surface area contributed by atoms with Crippen molar-refractivity contribution in [2.24, 2.45) is 5.73 Å². The summed E-state index contributed by atoms with van der Waals surface area (Å²) in [5.74, 6) is -0.248. The first-order valence-corrected chi connectivity index (χ1v) is 5.82. The topological polar surface area (TPSA) is 75.3 Å². The molecular weight excluding hydrogens is 192 g/mol. The van der Waals surface area contributed by atoms with Crippen LogP contribution in [0.5, 0.6) is 0 Å². The fraction of sp³-hybridized carbons (Fsp3) is 0.909. The molecule has 4 nitrogen and oxygen atoms in total. The van der Waals surface area contributed by atoms with Crippen molar-refractivity contribution in [2.45, 2.75) is 45.1 Å². The number of nitrogens with one attached hydrogen (secondary N) is 1. The van der Waals surface area contributed by atoms with E-state index in [0.717, 1.165) is 25.9 Å². The van der Waals surface area contributed by atoms with Gasteiger partial charge in [0.2, 0.25) is 0 Å². The smallest absolute Gasteiger partial charge is 0.174 e. The maximum Gasteiger partial charge on any atom is 0.174 e. The molecule has 0 saturated carbocycles. The Morgan fingerprint density at radius 2 is 2.00 bits per heavy atom. The predicted molar refractivity (Wildman–Crippen MR) is 61.7 cm³/mol. The van der Waals surface area contributed by atoms with Crippen molar-refractivity contribution in [1.82, 2.24) is 5.32 Å². The molecule has 1 unspecified atom stereocenters. The van der Waals surface area contributed by atoms with E-state index in [1.807, 2.05) is 0 Å². The van der Waals surface area contributed by atoms with E-state index in [-0.39, 0.29) is 5.78 Å². The van der Waals surface area contributed by atoms with Crippen LogP contribution in [0.15, 0.2) is 0 Å². The van der Waals surface area contributed by atoms with Crippen LogP contribution in [-0.2, 0) is 4.79 Å². The van der Waals surface area contributed by atoms with Crippen molar-refractivity contribution in [1.29, 1.82) is 0 Å². The predicted octanol–water partition coefficient (Wildman–Crippen LogP) is 0.435. The molecule has 1 atom stereocenters. The highest BCUT2D eigenvalue weighted by molar-refractivity contribution is 5.84. The van der Waals surface area contributed by atoms with E-state index in [0.29, 0.717) is 6.42 Å². The number of aliphatic hydroxyl groups excluding tert-OH is 1. The Labute approximate surface area is 92.2 Å². The highest BCUT2D eigenvalue weighted by atomic mass is 16.3. The first-order chi connectivity index (χ1) is 7.22. The molecule has 0 bridgehead atoms. The number of nitrogens with two attached hydrogens (primary N) is 1. The lowest BCUT2D eigenvalue weighted by atomic mass is 10.0. The summed E-state index contributed by atoms with van der Waals surface area (Å²) in [6.07, 6.45) is 5.13. The monoisotopic (exact) mass is 216 g/mol. The molecule has 0 amide bonds. The number of hydrogen-bond donors (Lipinski definition) is 3. The van der Waals surface area contributed by atoms with Gasteiger partial charge in [0.25, 0.3) is 0 Å². The normalized spacial score (nSPS) is 12.7. The van der Waals surface area contributed by atoms with Crippen LogP contribution in [0.3, 0.4) is 0 Å². The van der Waals surface area contributed by atoms with E-state index in [9.17, 15) is 4.79 Å². The lowest BCUT2D eigenvalue weighted by Crippen LogP contribution is -2.32.